The van der Waals surface area contributed by atoms with Crippen molar-refractivity contribution < 1.29 is 14.7 Å². The van der Waals surface area contributed by atoms with Gasteiger partial charge in [-0.05, 0) is 17.7 Å². The number of amides is 1. The van der Waals surface area contributed by atoms with E-state index in [4.69, 9.17) is 10.8 Å². The lowest BCUT2D eigenvalue weighted by molar-refractivity contribution is 0.0696. The average Bonchev–Trinajstić information content (AvgIpc) is 2.94. The van der Waals surface area contributed by atoms with Gasteiger partial charge in [0.25, 0.3) is 5.91 Å². The van der Waals surface area contributed by atoms with E-state index < -0.39 is 5.97 Å². The van der Waals surface area contributed by atoms with Crippen LogP contribution in [0.4, 0.5) is 0 Å². The van der Waals surface area contributed by atoms with Gasteiger partial charge in [0.2, 0.25) is 0 Å². The molecule has 110 valence electrons. The molecule has 0 aliphatic carbocycles. The third-order valence-electron chi connectivity index (χ3n) is 2.91. The zero-order valence-electron chi connectivity index (χ0n) is 11.3. The number of nitrogens with zero attached hydrogens (tertiary/aromatic N) is 2. The van der Waals surface area contributed by atoms with Crippen LogP contribution in [0.1, 0.15) is 26.4 Å². The van der Waals surface area contributed by atoms with E-state index in [1.54, 1.807) is 29.2 Å². The second-order valence-corrected chi connectivity index (χ2v) is 4.47. The monoisotopic (exact) mass is 288 g/mol. The highest BCUT2D eigenvalue weighted by atomic mass is 16.4. The number of nitrogens with one attached hydrogen (secondary N) is 1. The van der Waals surface area contributed by atoms with Crippen LogP contribution < -0.4 is 11.1 Å². The lowest BCUT2D eigenvalue weighted by Gasteiger charge is -2.04. The summed E-state index contributed by atoms with van der Waals surface area (Å²) in [6.45, 7) is 1.40. The van der Waals surface area contributed by atoms with Crippen molar-refractivity contribution in [1.29, 1.82) is 0 Å². The fourth-order valence-electron chi connectivity index (χ4n) is 1.79. The van der Waals surface area contributed by atoms with Crippen molar-refractivity contribution in [2.45, 2.75) is 13.1 Å². The van der Waals surface area contributed by atoms with E-state index in [2.05, 4.69) is 10.3 Å². The largest absolute Gasteiger partial charge is 0.478 e. The number of carboxylic acids is 1. The van der Waals surface area contributed by atoms with Crippen LogP contribution in [0.2, 0.25) is 0 Å². The molecule has 0 unspecified atom stereocenters. The first-order valence-electron chi connectivity index (χ1n) is 6.42. The van der Waals surface area contributed by atoms with Crippen molar-refractivity contribution in [2.24, 2.45) is 5.73 Å². The molecule has 0 atom stereocenters. The highest BCUT2D eigenvalue weighted by Crippen LogP contribution is 2.05. The maximum absolute atomic E-state index is 11.9. The molecule has 1 amide bonds. The molecule has 2 rings (SSSR count). The molecule has 2 aromatic rings. The number of carbonyl (C=O) groups excluding carboxylic acids is 1. The number of hydrogen-bond donors (Lipinski definition) is 3. The number of carbonyl (C=O) groups is 2. The summed E-state index contributed by atoms with van der Waals surface area (Å²) in [5.74, 6) is -1.26. The molecule has 0 bridgehead atoms. The minimum absolute atomic E-state index is 0.214. The number of hydrogen-bond acceptors (Lipinski definition) is 4. The van der Waals surface area contributed by atoms with Gasteiger partial charge in [-0.2, -0.15) is 0 Å². The topological polar surface area (TPSA) is 110 Å². The van der Waals surface area contributed by atoms with Crippen molar-refractivity contribution in [3.05, 3.63) is 53.6 Å². The van der Waals surface area contributed by atoms with E-state index in [9.17, 15) is 9.59 Å². The summed E-state index contributed by atoms with van der Waals surface area (Å²) in [4.78, 5) is 26.6. The molecular formula is C14H16N4O3. The lowest BCUT2D eigenvalue weighted by Crippen LogP contribution is -2.23. The second kappa shape index (κ2) is 6.67. The van der Waals surface area contributed by atoms with E-state index in [0.717, 1.165) is 5.56 Å². The molecule has 0 saturated carbocycles. The van der Waals surface area contributed by atoms with E-state index in [0.29, 0.717) is 25.3 Å². The van der Waals surface area contributed by atoms with Crippen LogP contribution in [0, 0.1) is 0 Å². The van der Waals surface area contributed by atoms with Gasteiger partial charge in [0.1, 0.15) is 5.69 Å². The molecular weight excluding hydrogens is 272 g/mol. The van der Waals surface area contributed by atoms with Gasteiger partial charge >= 0.3 is 5.97 Å². The summed E-state index contributed by atoms with van der Waals surface area (Å²) in [5.41, 5.74) is 6.78. The number of carboxylic acid groups (broad SMARTS) is 1. The molecule has 1 aromatic carbocycles. The predicted octanol–water partition coefficient (Wildman–Crippen LogP) is 0.470. The van der Waals surface area contributed by atoms with Crippen LogP contribution in [0.5, 0.6) is 0 Å². The summed E-state index contributed by atoms with van der Waals surface area (Å²) < 4.78 is 1.75. The van der Waals surface area contributed by atoms with Gasteiger partial charge in [-0.25, -0.2) is 9.78 Å². The second-order valence-electron chi connectivity index (χ2n) is 4.47. The number of imidazole rings is 1. The number of nitrogens with two attached hydrogens (primary N) is 1. The number of aromatic carboxylic acids is 1. The first kappa shape index (κ1) is 14.7. The summed E-state index contributed by atoms with van der Waals surface area (Å²) in [6.07, 6.45) is 3.19. The fourth-order valence-corrected chi connectivity index (χ4v) is 1.79. The highest BCUT2D eigenvalue weighted by Gasteiger charge is 2.09. The first-order chi connectivity index (χ1) is 10.1. The van der Waals surface area contributed by atoms with Crippen LogP contribution in [-0.2, 0) is 13.1 Å². The predicted molar refractivity (Wildman–Crippen MR) is 75.9 cm³/mol. The van der Waals surface area contributed by atoms with E-state index in [1.165, 1.54) is 12.1 Å². The smallest absolute Gasteiger partial charge is 0.335 e. The Kier molecular flexibility index (Phi) is 4.68. The van der Waals surface area contributed by atoms with Gasteiger partial charge < -0.3 is 20.7 Å². The third kappa shape index (κ3) is 3.90. The Morgan fingerprint density at radius 2 is 2.00 bits per heavy atom. The molecule has 0 fully saturated rings. The van der Waals surface area contributed by atoms with Crippen LogP contribution in [-0.4, -0.2) is 33.1 Å². The van der Waals surface area contributed by atoms with Gasteiger partial charge in [0, 0.05) is 25.8 Å². The molecule has 1 heterocycles. The summed E-state index contributed by atoms with van der Waals surface area (Å²) >= 11 is 0. The molecule has 0 saturated heterocycles. The molecule has 7 nitrogen and oxygen atoms in total. The maximum Gasteiger partial charge on any atom is 0.335 e. The zero-order valence-corrected chi connectivity index (χ0v) is 11.3. The average molecular weight is 288 g/mol. The third-order valence-corrected chi connectivity index (χ3v) is 2.91. The standard InChI is InChI=1S/C14H16N4O3/c15-5-6-18-8-12(17-9-18)13(19)16-7-10-1-3-11(4-2-10)14(20)21/h1-4,8-9H,5-7,15H2,(H,16,19)(H,20,21). The molecule has 0 aliphatic heterocycles. The Balaban J connectivity index is 1.92. The molecule has 0 radical (unpaired) electrons. The minimum atomic E-state index is -0.976. The molecule has 21 heavy (non-hydrogen) atoms. The Bertz CT molecular complexity index is 634. The molecule has 7 heteroatoms. The highest BCUT2D eigenvalue weighted by molar-refractivity contribution is 5.92. The Hall–Kier alpha value is -2.67. The molecule has 1 aromatic heterocycles. The van der Waals surface area contributed by atoms with Crippen LogP contribution in [0.3, 0.4) is 0 Å². The van der Waals surface area contributed by atoms with Crippen molar-refractivity contribution in [3.8, 4) is 0 Å². The fraction of sp³-hybridized carbons (Fsp3) is 0.214. The van der Waals surface area contributed by atoms with Crippen molar-refractivity contribution in [3.63, 3.8) is 0 Å². The Morgan fingerprint density at radius 3 is 2.62 bits per heavy atom. The summed E-state index contributed by atoms with van der Waals surface area (Å²) in [6, 6.07) is 6.33. The van der Waals surface area contributed by atoms with Crippen LogP contribution in [0.25, 0.3) is 0 Å². The SMILES string of the molecule is NCCn1cnc(C(=O)NCc2ccc(C(=O)O)cc2)c1. The van der Waals surface area contributed by atoms with Gasteiger partial charge in [-0.15, -0.1) is 0 Å². The van der Waals surface area contributed by atoms with Gasteiger partial charge in [-0.1, -0.05) is 12.1 Å². The first-order valence-corrected chi connectivity index (χ1v) is 6.42. The van der Waals surface area contributed by atoms with Crippen LogP contribution >= 0.6 is 0 Å². The van der Waals surface area contributed by atoms with Gasteiger partial charge in [-0.3, -0.25) is 4.79 Å². The normalized spacial score (nSPS) is 10.3. The van der Waals surface area contributed by atoms with Crippen molar-refractivity contribution >= 4 is 11.9 Å². The Labute approximate surface area is 121 Å². The van der Waals surface area contributed by atoms with Gasteiger partial charge in [0.15, 0.2) is 0 Å². The van der Waals surface area contributed by atoms with Crippen molar-refractivity contribution in [2.75, 3.05) is 6.54 Å². The maximum atomic E-state index is 11.9. The van der Waals surface area contributed by atoms with E-state index in [-0.39, 0.29) is 11.5 Å². The summed E-state index contributed by atoms with van der Waals surface area (Å²) in [7, 11) is 0. The zero-order chi connectivity index (χ0) is 15.2. The number of rotatable bonds is 6. The quantitative estimate of drug-likeness (QED) is 0.715. The molecule has 0 spiro atoms. The van der Waals surface area contributed by atoms with Crippen molar-refractivity contribution in [1.82, 2.24) is 14.9 Å². The minimum Gasteiger partial charge on any atom is -0.478 e. The molecule has 0 aliphatic rings. The van der Waals surface area contributed by atoms with Crippen LogP contribution in [0.15, 0.2) is 36.8 Å². The lowest BCUT2D eigenvalue weighted by atomic mass is 10.1. The molecule has 4 N–H and O–H groups in total. The van der Waals surface area contributed by atoms with Gasteiger partial charge in [0.05, 0.1) is 11.9 Å². The number of benzene rings is 1. The summed E-state index contributed by atoms with van der Waals surface area (Å²) in [5, 5.41) is 11.5. The Morgan fingerprint density at radius 1 is 1.29 bits per heavy atom. The van der Waals surface area contributed by atoms with E-state index in [1.807, 2.05) is 0 Å². The number of aromatic nitrogens is 2. The van der Waals surface area contributed by atoms with E-state index >= 15 is 0 Å².